The molecule has 0 atom stereocenters. The summed E-state index contributed by atoms with van der Waals surface area (Å²) < 4.78 is 12.4. The first-order valence-corrected chi connectivity index (χ1v) is 11.1. The summed E-state index contributed by atoms with van der Waals surface area (Å²) in [5.74, 6) is -0.440. The maximum atomic E-state index is 12.8. The lowest BCUT2D eigenvalue weighted by atomic mass is 9.95. The van der Waals surface area contributed by atoms with Crippen LogP contribution in [0.15, 0.2) is 28.9 Å². The topological polar surface area (TPSA) is 130 Å². The highest BCUT2D eigenvalue weighted by molar-refractivity contribution is 7.17. The molecule has 0 spiro atoms. The Bertz CT molecular complexity index is 1180. The number of nitro groups is 1. The van der Waals surface area contributed by atoms with Crippen LogP contribution in [-0.2, 0) is 24.1 Å². The summed E-state index contributed by atoms with van der Waals surface area (Å²) in [5, 5.41) is 18.0. The van der Waals surface area contributed by atoms with Gasteiger partial charge in [0, 0.05) is 4.88 Å². The van der Waals surface area contributed by atoms with Gasteiger partial charge in [-0.05, 0) is 57.2 Å². The van der Waals surface area contributed by atoms with Crippen LogP contribution >= 0.6 is 11.3 Å². The Morgan fingerprint density at radius 1 is 1.34 bits per heavy atom. The molecule has 0 unspecified atom stereocenters. The van der Waals surface area contributed by atoms with Crippen molar-refractivity contribution in [3.63, 3.8) is 0 Å². The lowest BCUT2D eigenvalue weighted by molar-refractivity contribution is -0.385. The molecule has 1 aliphatic carbocycles. The highest BCUT2D eigenvalue weighted by Crippen LogP contribution is 2.39. The van der Waals surface area contributed by atoms with Crippen LogP contribution < -0.4 is 5.32 Å². The fourth-order valence-corrected chi connectivity index (χ4v) is 4.86. The van der Waals surface area contributed by atoms with Crippen molar-refractivity contribution in [3.8, 4) is 0 Å². The van der Waals surface area contributed by atoms with Crippen molar-refractivity contribution in [2.45, 2.75) is 52.2 Å². The van der Waals surface area contributed by atoms with Crippen molar-refractivity contribution in [1.29, 1.82) is 0 Å². The number of carbonyl (C=O) groups excluding carboxylic acids is 2. The number of esters is 1. The molecule has 3 aromatic heterocycles. The summed E-state index contributed by atoms with van der Waals surface area (Å²) in [6.45, 7) is 3.71. The molecule has 11 heteroatoms. The second-order valence-electron chi connectivity index (χ2n) is 7.74. The van der Waals surface area contributed by atoms with Crippen LogP contribution in [0.25, 0.3) is 0 Å². The van der Waals surface area contributed by atoms with Gasteiger partial charge in [-0.3, -0.25) is 19.6 Å². The number of thiophene rings is 1. The van der Waals surface area contributed by atoms with E-state index >= 15 is 0 Å². The number of fused-ring (bicyclic) bond motifs is 1. The van der Waals surface area contributed by atoms with Gasteiger partial charge in [0.25, 0.3) is 5.91 Å². The Balaban J connectivity index is 1.52. The molecule has 1 N–H and O–H groups in total. The molecule has 0 radical (unpaired) electrons. The summed E-state index contributed by atoms with van der Waals surface area (Å²) in [7, 11) is 0. The number of rotatable bonds is 7. The number of ether oxygens (including phenoxy) is 1. The third kappa shape index (κ3) is 4.57. The van der Waals surface area contributed by atoms with Crippen LogP contribution in [0.3, 0.4) is 0 Å². The molecular formula is C21H22N4O6S. The SMILES string of the molecule is CC(C)OC(=O)c1c(NC(=O)c2ccc(Cn3cc([N+](=O)[O-])cn3)o2)sc2c1CCCC2. The van der Waals surface area contributed by atoms with E-state index in [1.165, 1.54) is 28.3 Å². The van der Waals surface area contributed by atoms with Gasteiger partial charge in [0.15, 0.2) is 5.76 Å². The number of amides is 1. The van der Waals surface area contributed by atoms with E-state index in [-0.39, 0.29) is 24.1 Å². The van der Waals surface area contributed by atoms with Crippen molar-refractivity contribution in [1.82, 2.24) is 9.78 Å². The van der Waals surface area contributed by atoms with E-state index in [4.69, 9.17) is 9.15 Å². The van der Waals surface area contributed by atoms with Crippen molar-refractivity contribution in [2.75, 3.05) is 5.32 Å². The molecular weight excluding hydrogens is 436 g/mol. The molecule has 3 aromatic rings. The second kappa shape index (κ2) is 8.95. The van der Waals surface area contributed by atoms with Crippen molar-refractivity contribution < 1.29 is 23.7 Å². The van der Waals surface area contributed by atoms with Crippen LogP contribution in [0.2, 0.25) is 0 Å². The molecule has 168 valence electrons. The van der Waals surface area contributed by atoms with Crippen LogP contribution in [0, 0.1) is 10.1 Å². The number of nitrogens with zero attached hydrogens (tertiary/aromatic N) is 3. The monoisotopic (exact) mass is 458 g/mol. The molecule has 1 amide bonds. The summed E-state index contributed by atoms with van der Waals surface area (Å²) in [6, 6.07) is 3.12. The quantitative estimate of drug-likeness (QED) is 0.319. The maximum Gasteiger partial charge on any atom is 0.341 e. The van der Waals surface area contributed by atoms with Gasteiger partial charge in [-0.25, -0.2) is 4.79 Å². The molecule has 10 nitrogen and oxygen atoms in total. The van der Waals surface area contributed by atoms with E-state index in [9.17, 15) is 19.7 Å². The van der Waals surface area contributed by atoms with Gasteiger partial charge in [0.05, 0.1) is 23.1 Å². The summed E-state index contributed by atoms with van der Waals surface area (Å²) in [5.41, 5.74) is 1.27. The van der Waals surface area contributed by atoms with Crippen molar-refractivity contribution in [3.05, 3.63) is 62.2 Å². The summed E-state index contributed by atoms with van der Waals surface area (Å²) in [4.78, 5) is 36.9. The van der Waals surface area contributed by atoms with E-state index in [0.29, 0.717) is 16.3 Å². The summed E-state index contributed by atoms with van der Waals surface area (Å²) in [6.07, 6.45) is 5.86. The molecule has 0 aromatic carbocycles. The normalized spacial score (nSPS) is 13.1. The third-order valence-electron chi connectivity index (χ3n) is 4.98. The average molecular weight is 458 g/mol. The Hall–Kier alpha value is -3.47. The van der Waals surface area contributed by atoms with Crippen LogP contribution in [0.4, 0.5) is 10.7 Å². The Morgan fingerprint density at radius 3 is 2.84 bits per heavy atom. The lowest BCUT2D eigenvalue weighted by Crippen LogP contribution is -2.17. The number of hydrogen-bond acceptors (Lipinski definition) is 8. The fraction of sp³-hybridized carbons (Fsp3) is 0.381. The van der Waals surface area contributed by atoms with Gasteiger partial charge in [0.2, 0.25) is 0 Å². The fourth-order valence-electron chi connectivity index (χ4n) is 3.59. The number of aromatic nitrogens is 2. The first-order valence-electron chi connectivity index (χ1n) is 10.2. The van der Waals surface area contributed by atoms with E-state index in [2.05, 4.69) is 10.4 Å². The molecule has 0 aliphatic heterocycles. The van der Waals surface area contributed by atoms with Gasteiger partial charge in [-0.2, -0.15) is 5.10 Å². The second-order valence-corrected chi connectivity index (χ2v) is 8.85. The molecule has 0 saturated heterocycles. The van der Waals surface area contributed by atoms with Gasteiger partial charge in [0.1, 0.15) is 23.2 Å². The first-order chi connectivity index (χ1) is 15.3. The van der Waals surface area contributed by atoms with E-state index < -0.39 is 16.8 Å². The van der Waals surface area contributed by atoms with Gasteiger partial charge < -0.3 is 14.5 Å². The number of furan rings is 1. The summed E-state index contributed by atoms with van der Waals surface area (Å²) >= 11 is 1.40. The predicted octanol–water partition coefficient (Wildman–Crippen LogP) is 4.19. The number of nitrogens with one attached hydrogen (secondary N) is 1. The zero-order valence-electron chi connectivity index (χ0n) is 17.6. The number of anilines is 1. The molecule has 3 heterocycles. The average Bonchev–Trinajstić information content (AvgIpc) is 3.45. The van der Waals surface area contributed by atoms with Gasteiger partial charge in [-0.1, -0.05) is 0 Å². The Labute approximate surface area is 187 Å². The largest absolute Gasteiger partial charge is 0.459 e. The lowest BCUT2D eigenvalue weighted by Gasteiger charge is -2.14. The highest BCUT2D eigenvalue weighted by atomic mass is 32.1. The van der Waals surface area contributed by atoms with Crippen LogP contribution in [0.1, 0.15) is 63.8 Å². The zero-order valence-corrected chi connectivity index (χ0v) is 18.4. The Morgan fingerprint density at radius 2 is 2.12 bits per heavy atom. The predicted molar refractivity (Wildman–Crippen MR) is 116 cm³/mol. The Kier molecular flexibility index (Phi) is 6.08. The van der Waals surface area contributed by atoms with Crippen LogP contribution in [-0.4, -0.2) is 32.7 Å². The standard InChI is InChI=1S/C21H22N4O6S/c1-12(2)30-21(27)18-15-5-3-4-6-17(15)32-20(18)23-19(26)16-8-7-14(31-16)11-24-10-13(9-22-24)25(28)29/h7-10,12H,3-6,11H2,1-2H3,(H,23,26). The highest BCUT2D eigenvalue weighted by Gasteiger charge is 2.28. The first kappa shape index (κ1) is 21.8. The minimum absolute atomic E-state index is 0.0659. The number of carbonyl (C=O) groups is 2. The zero-order chi connectivity index (χ0) is 22.8. The third-order valence-corrected chi connectivity index (χ3v) is 6.19. The molecule has 1 aliphatic rings. The molecule has 0 fully saturated rings. The van der Waals surface area contributed by atoms with E-state index in [1.54, 1.807) is 19.9 Å². The van der Waals surface area contributed by atoms with Crippen molar-refractivity contribution >= 4 is 33.9 Å². The maximum absolute atomic E-state index is 12.8. The number of aryl methyl sites for hydroxylation is 1. The van der Waals surface area contributed by atoms with Gasteiger partial charge in [-0.15, -0.1) is 11.3 Å². The van der Waals surface area contributed by atoms with Crippen molar-refractivity contribution in [2.24, 2.45) is 0 Å². The molecule has 0 saturated carbocycles. The minimum atomic E-state index is -0.535. The minimum Gasteiger partial charge on any atom is -0.459 e. The smallest absolute Gasteiger partial charge is 0.341 e. The molecule has 0 bridgehead atoms. The van der Waals surface area contributed by atoms with E-state index in [1.807, 2.05) is 0 Å². The van der Waals surface area contributed by atoms with Crippen LogP contribution in [0.5, 0.6) is 0 Å². The van der Waals surface area contributed by atoms with Gasteiger partial charge >= 0.3 is 11.7 Å². The number of hydrogen-bond donors (Lipinski definition) is 1. The molecule has 32 heavy (non-hydrogen) atoms. The van der Waals surface area contributed by atoms with E-state index in [0.717, 1.165) is 42.3 Å². The molecule has 4 rings (SSSR count).